The van der Waals surface area contributed by atoms with E-state index in [-0.39, 0.29) is 30.2 Å². The first-order valence-corrected chi connectivity index (χ1v) is 8.04. The summed E-state index contributed by atoms with van der Waals surface area (Å²) in [6.07, 6.45) is 0. The fourth-order valence-corrected chi connectivity index (χ4v) is 2.97. The van der Waals surface area contributed by atoms with Crippen LogP contribution in [0.3, 0.4) is 0 Å². The van der Waals surface area contributed by atoms with Crippen LogP contribution in [0.5, 0.6) is 5.75 Å². The number of para-hydroxylation sites is 2. The normalized spacial score (nSPS) is 16.4. The molecule has 0 saturated heterocycles. The minimum atomic E-state index is -0.454. The van der Waals surface area contributed by atoms with Crippen LogP contribution in [0.4, 0.5) is 10.5 Å². The molecule has 25 heavy (non-hydrogen) atoms. The van der Waals surface area contributed by atoms with E-state index in [0.29, 0.717) is 12.2 Å². The molecule has 0 fully saturated rings. The fraction of sp³-hybridized carbons (Fsp3) is 0.278. The monoisotopic (exact) mass is 341 g/mol. The first-order valence-electron chi connectivity index (χ1n) is 8.04. The van der Waals surface area contributed by atoms with Gasteiger partial charge in [-0.15, -0.1) is 0 Å². The van der Waals surface area contributed by atoms with Crippen LogP contribution < -0.4 is 15.4 Å². The number of nitro groups is 1. The average Bonchev–Trinajstić information content (AvgIpc) is 3.04. The summed E-state index contributed by atoms with van der Waals surface area (Å²) in [5.74, 6) is 0.925. The Kier molecular flexibility index (Phi) is 4.83. The molecule has 1 heterocycles. The van der Waals surface area contributed by atoms with Crippen LogP contribution in [0.15, 0.2) is 48.5 Å². The summed E-state index contributed by atoms with van der Waals surface area (Å²) in [6, 6.07) is 13.6. The number of ether oxygens (including phenoxy) is 1. The van der Waals surface area contributed by atoms with Gasteiger partial charge < -0.3 is 15.4 Å². The van der Waals surface area contributed by atoms with Crippen LogP contribution in [0.1, 0.15) is 24.0 Å². The topological polar surface area (TPSA) is 93.5 Å². The number of benzene rings is 2. The van der Waals surface area contributed by atoms with Crippen molar-refractivity contribution in [2.24, 2.45) is 0 Å². The Morgan fingerprint density at radius 2 is 2.00 bits per heavy atom. The summed E-state index contributed by atoms with van der Waals surface area (Å²) in [6.45, 7) is 2.53. The van der Waals surface area contributed by atoms with Gasteiger partial charge in [0.15, 0.2) is 0 Å². The van der Waals surface area contributed by atoms with Crippen LogP contribution >= 0.6 is 0 Å². The zero-order valence-corrected chi connectivity index (χ0v) is 13.8. The molecule has 2 amide bonds. The lowest BCUT2D eigenvalue weighted by Crippen LogP contribution is -2.43. The summed E-state index contributed by atoms with van der Waals surface area (Å²) in [4.78, 5) is 22.7. The number of nitro benzene ring substituents is 1. The van der Waals surface area contributed by atoms with Crippen LogP contribution in [-0.4, -0.2) is 23.6 Å². The van der Waals surface area contributed by atoms with Crippen LogP contribution in [0, 0.1) is 10.1 Å². The van der Waals surface area contributed by atoms with Crippen molar-refractivity contribution < 1.29 is 14.5 Å². The highest BCUT2D eigenvalue weighted by molar-refractivity contribution is 5.74. The molecule has 0 radical (unpaired) electrons. The van der Waals surface area contributed by atoms with Gasteiger partial charge in [0.25, 0.3) is 5.69 Å². The van der Waals surface area contributed by atoms with Crippen LogP contribution in [-0.2, 0) is 6.54 Å². The number of carbonyl (C=O) groups excluding carboxylic acids is 1. The van der Waals surface area contributed by atoms with Gasteiger partial charge >= 0.3 is 6.03 Å². The van der Waals surface area contributed by atoms with Gasteiger partial charge in [-0.25, -0.2) is 4.79 Å². The third-order valence-electron chi connectivity index (χ3n) is 4.33. The molecule has 1 aliphatic rings. The van der Waals surface area contributed by atoms with Gasteiger partial charge in [0.2, 0.25) is 0 Å². The highest BCUT2D eigenvalue weighted by Crippen LogP contribution is 2.35. The third kappa shape index (κ3) is 3.71. The van der Waals surface area contributed by atoms with E-state index in [0.717, 1.165) is 11.3 Å². The SMILES string of the molecule is C[C@@H](NC(=O)NCc1ccccc1[N+](=O)[O-])[C@H]1COc2ccccc21. The van der Waals surface area contributed by atoms with E-state index in [4.69, 9.17) is 4.74 Å². The van der Waals surface area contributed by atoms with Gasteiger partial charge in [0.05, 0.1) is 18.1 Å². The predicted molar refractivity (Wildman–Crippen MR) is 92.6 cm³/mol. The van der Waals surface area contributed by atoms with E-state index >= 15 is 0 Å². The van der Waals surface area contributed by atoms with Crippen molar-refractivity contribution in [1.29, 1.82) is 0 Å². The summed E-state index contributed by atoms with van der Waals surface area (Å²) in [5.41, 5.74) is 1.54. The van der Waals surface area contributed by atoms with Gasteiger partial charge in [0, 0.05) is 29.2 Å². The Bertz CT molecular complexity index is 793. The Labute approximate surface area is 145 Å². The molecule has 2 atom stereocenters. The largest absolute Gasteiger partial charge is 0.493 e. The molecule has 2 aromatic rings. The van der Waals surface area contributed by atoms with Gasteiger partial charge in [-0.2, -0.15) is 0 Å². The molecule has 0 aliphatic carbocycles. The molecule has 2 aromatic carbocycles. The number of amides is 2. The lowest BCUT2D eigenvalue weighted by Gasteiger charge is -2.20. The second-order valence-corrected chi connectivity index (χ2v) is 5.96. The summed E-state index contributed by atoms with van der Waals surface area (Å²) >= 11 is 0. The maximum Gasteiger partial charge on any atom is 0.315 e. The maximum atomic E-state index is 12.1. The molecule has 7 nitrogen and oxygen atoms in total. The third-order valence-corrected chi connectivity index (χ3v) is 4.33. The molecule has 1 aliphatic heterocycles. The van der Waals surface area contributed by atoms with Crippen molar-refractivity contribution in [3.05, 3.63) is 69.8 Å². The Morgan fingerprint density at radius 1 is 1.28 bits per heavy atom. The molecule has 2 N–H and O–H groups in total. The van der Waals surface area contributed by atoms with Gasteiger partial charge in [0.1, 0.15) is 5.75 Å². The van der Waals surface area contributed by atoms with Gasteiger partial charge in [-0.05, 0) is 13.0 Å². The van der Waals surface area contributed by atoms with Crippen molar-refractivity contribution in [2.45, 2.75) is 25.4 Å². The lowest BCUT2D eigenvalue weighted by atomic mass is 9.94. The number of carbonyl (C=O) groups is 1. The van der Waals surface area contributed by atoms with E-state index in [1.807, 2.05) is 31.2 Å². The number of urea groups is 1. The quantitative estimate of drug-likeness (QED) is 0.646. The van der Waals surface area contributed by atoms with E-state index in [2.05, 4.69) is 10.6 Å². The minimum Gasteiger partial charge on any atom is -0.493 e. The Morgan fingerprint density at radius 3 is 2.80 bits per heavy atom. The smallest absolute Gasteiger partial charge is 0.315 e. The fourth-order valence-electron chi connectivity index (χ4n) is 2.97. The summed E-state index contributed by atoms with van der Waals surface area (Å²) in [7, 11) is 0. The zero-order chi connectivity index (χ0) is 17.8. The van der Waals surface area contributed by atoms with E-state index in [9.17, 15) is 14.9 Å². The first kappa shape index (κ1) is 16.8. The van der Waals surface area contributed by atoms with E-state index in [1.165, 1.54) is 6.07 Å². The molecule has 130 valence electrons. The lowest BCUT2D eigenvalue weighted by molar-refractivity contribution is -0.385. The van der Waals surface area contributed by atoms with E-state index in [1.54, 1.807) is 18.2 Å². The highest BCUT2D eigenvalue weighted by atomic mass is 16.6. The first-order chi connectivity index (χ1) is 12.1. The van der Waals surface area contributed by atoms with Gasteiger partial charge in [-0.3, -0.25) is 10.1 Å². The highest BCUT2D eigenvalue weighted by Gasteiger charge is 2.29. The number of hydrogen-bond donors (Lipinski definition) is 2. The molecule has 0 bridgehead atoms. The number of hydrogen-bond acceptors (Lipinski definition) is 4. The van der Waals surface area contributed by atoms with E-state index < -0.39 is 4.92 Å². The number of rotatable bonds is 5. The number of nitrogens with one attached hydrogen (secondary N) is 2. The molecule has 3 rings (SSSR count). The minimum absolute atomic E-state index is 0.00558. The second-order valence-electron chi connectivity index (χ2n) is 5.96. The molecule has 0 saturated carbocycles. The number of fused-ring (bicyclic) bond motifs is 1. The molecular formula is C18H19N3O4. The molecule has 0 unspecified atom stereocenters. The average molecular weight is 341 g/mol. The Hall–Kier alpha value is -3.09. The molecule has 0 aromatic heterocycles. The zero-order valence-electron chi connectivity index (χ0n) is 13.8. The van der Waals surface area contributed by atoms with Crippen molar-refractivity contribution >= 4 is 11.7 Å². The van der Waals surface area contributed by atoms with Crippen molar-refractivity contribution in [2.75, 3.05) is 6.61 Å². The number of nitrogens with zero attached hydrogens (tertiary/aromatic N) is 1. The van der Waals surface area contributed by atoms with Crippen LogP contribution in [0.25, 0.3) is 0 Å². The summed E-state index contributed by atoms with van der Waals surface area (Å²) in [5, 5.41) is 16.6. The van der Waals surface area contributed by atoms with Crippen molar-refractivity contribution in [1.82, 2.24) is 10.6 Å². The van der Waals surface area contributed by atoms with Crippen molar-refractivity contribution in [3.63, 3.8) is 0 Å². The molecule has 7 heteroatoms. The standard InChI is InChI=1S/C18H19N3O4/c1-12(15-11-25-17-9-5-3-7-14(15)17)20-18(22)19-10-13-6-2-4-8-16(13)21(23)24/h2-9,12,15H,10-11H2,1H3,(H2,19,20,22)/t12-,15-/m1/s1. The van der Waals surface area contributed by atoms with Gasteiger partial charge in [-0.1, -0.05) is 36.4 Å². The molecule has 0 spiro atoms. The second kappa shape index (κ2) is 7.21. The van der Waals surface area contributed by atoms with Crippen molar-refractivity contribution in [3.8, 4) is 5.75 Å². The maximum absolute atomic E-state index is 12.1. The summed E-state index contributed by atoms with van der Waals surface area (Å²) < 4.78 is 5.64. The molecular weight excluding hydrogens is 322 g/mol. The Balaban J connectivity index is 1.58. The predicted octanol–water partition coefficient (Wildman–Crippen LogP) is 2.96. The van der Waals surface area contributed by atoms with Crippen LogP contribution in [0.2, 0.25) is 0 Å².